The number of aryl methyl sites for hydroxylation is 3. The van der Waals surface area contributed by atoms with Gasteiger partial charge in [0.1, 0.15) is 5.52 Å². The molecule has 1 aliphatic rings. The quantitative estimate of drug-likeness (QED) is 0.307. The number of nitrogens with zero attached hydrogens (tertiary/aromatic N) is 4. The van der Waals surface area contributed by atoms with Crippen LogP contribution in [0.4, 0.5) is 0 Å². The van der Waals surface area contributed by atoms with Gasteiger partial charge in [0.2, 0.25) is 0 Å². The zero-order chi connectivity index (χ0) is 26.0. The minimum absolute atomic E-state index is 0.178. The summed E-state index contributed by atoms with van der Waals surface area (Å²) in [7, 11) is 1.85. The molecule has 3 aromatic rings. The van der Waals surface area contributed by atoms with Crippen LogP contribution in [0.5, 0.6) is 0 Å². The lowest BCUT2D eigenvalue weighted by Crippen LogP contribution is -2.44. The Bertz CT molecular complexity index is 1280. The van der Waals surface area contributed by atoms with Crippen LogP contribution in [0.15, 0.2) is 30.3 Å². The second-order valence-electron chi connectivity index (χ2n) is 10.1. The third-order valence-electron chi connectivity index (χ3n) is 7.68. The lowest BCUT2D eigenvalue weighted by molar-refractivity contribution is -0.143. The normalized spacial score (nSPS) is 17.0. The summed E-state index contributed by atoms with van der Waals surface area (Å²) in [6.45, 7) is 8.46. The van der Waals surface area contributed by atoms with E-state index in [0.717, 1.165) is 64.5 Å². The zero-order valence-corrected chi connectivity index (χ0v) is 22.6. The number of carbonyl (C=O) groups is 1. The highest BCUT2D eigenvalue weighted by Crippen LogP contribution is 2.38. The molecule has 36 heavy (non-hydrogen) atoms. The van der Waals surface area contributed by atoms with E-state index in [0.29, 0.717) is 13.2 Å². The molecule has 1 aliphatic carbocycles. The van der Waals surface area contributed by atoms with Crippen LogP contribution in [-0.4, -0.2) is 46.2 Å². The van der Waals surface area contributed by atoms with E-state index < -0.39 is 11.3 Å². The van der Waals surface area contributed by atoms with Crippen molar-refractivity contribution in [3.05, 3.63) is 58.1 Å². The van der Waals surface area contributed by atoms with E-state index in [9.17, 15) is 13.6 Å². The van der Waals surface area contributed by atoms with Crippen molar-refractivity contribution in [1.29, 1.82) is 0 Å². The molecular weight excluding hydrogens is 476 g/mol. The number of rotatable bonds is 9. The zero-order valence-electron chi connectivity index (χ0n) is 21.7. The summed E-state index contributed by atoms with van der Waals surface area (Å²) in [4.78, 5) is 12.7. The van der Waals surface area contributed by atoms with Gasteiger partial charge in [0.25, 0.3) is 0 Å². The standard InChI is InChI=1S/C27H36N4O4S/c1-6-35-25(32)16-23(22-11-12-24-26(19(22)3)28-29-30(24)5)20-10-9-18(2)21(15-20)17-31(36(33)34)27(4)13-7-8-14-27/h9-12,15,23H,6-8,13-14,16-17H2,1-5H3,(H,33,34)/p-1. The summed E-state index contributed by atoms with van der Waals surface area (Å²) in [6, 6.07) is 10.1. The maximum absolute atomic E-state index is 12.7. The molecule has 1 saturated carbocycles. The minimum Gasteiger partial charge on any atom is -0.760 e. The highest BCUT2D eigenvalue weighted by atomic mass is 32.2. The Morgan fingerprint density at radius 3 is 2.64 bits per heavy atom. The highest BCUT2D eigenvalue weighted by Gasteiger charge is 2.36. The molecule has 2 unspecified atom stereocenters. The third kappa shape index (κ3) is 5.23. The van der Waals surface area contributed by atoms with E-state index in [4.69, 9.17) is 4.74 Å². The average molecular weight is 512 g/mol. The van der Waals surface area contributed by atoms with E-state index in [-0.39, 0.29) is 23.8 Å². The molecule has 0 saturated heterocycles. The van der Waals surface area contributed by atoms with Gasteiger partial charge in [-0.25, -0.2) is 8.99 Å². The molecule has 0 bridgehead atoms. The van der Waals surface area contributed by atoms with E-state index in [1.54, 1.807) is 15.9 Å². The molecule has 1 heterocycles. The molecule has 0 spiro atoms. The molecule has 8 nitrogen and oxygen atoms in total. The van der Waals surface area contributed by atoms with Gasteiger partial charge in [-0.3, -0.25) is 9.00 Å². The van der Waals surface area contributed by atoms with Gasteiger partial charge in [-0.15, -0.1) is 5.10 Å². The Labute approximate surface area is 215 Å². The Morgan fingerprint density at radius 2 is 1.97 bits per heavy atom. The topological polar surface area (TPSA) is 100 Å². The van der Waals surface area contributed by atoms with Gasteiger partial charge in [0.05, 0.1) is 18.5 Å². The average Bonchev–Trinajstić information content (AvgIpc) is 3.44. The summed E-state index contributed by atoms with van der Waals surface area (Å²) in [5.74, 6) is -0.535. The van der Waals surface area contributed by atoms with Crippen molar-refractivity contribution < 1.29 is 18.3 Å². The summed E-state index contributed by atoms with van der Waals surface area (Å²) in [5.41, 5.74) is 6.22. The van der Waals surface area contributed by atoms with Crippen LogP contribution in [0.1, 0.15) is 79.7 Å². The van der Waals surface area contributed by atoms with Gasteiger partial charge in [0, 0.05) is 36.3 Å². The van der Waals surface area contributed by atoms with Crippen molar-refractivity contribution in [3.8, 4) is 0 Å². The fourth-order valence-electron chi connectivity index (χ4n) is 5.46. The molecular formula is C27H35N4O4S-. The van der Waals surface area contributed by atoms with E-state index in [1.807, 2.05) is 52.1 Å². The number of hydrogen-bond donors (Lipinski definition) is 0. The van der Waals surface area contributed by atoms with Crippen molar-refractivity contribution in [3.63, 3.8) is 0 Å². The Balaban J connectivity index is 1.76. The van der Waals surface area contributed by atoms with Crippen molar-refractivity contribution in [1.82, 2.24) is 19.3 Å². The molecule has 1 fully saturated rings. The summed E-state index contributed by atoms with van der Waals surface area (Å²) in [6.07, 6.45) is 3.98. The molecule has 2 aromatic carbocycles. The SMILES string of the molecule is CCOC(=O)CC(c1ccc(C)c(CN(S(=O)[O-])C2(C)CCCC2)c1)c1ccc2c(nnn2C)c1C. The smallest absolute Gasteiger partial charge is 0.306 e. The molecule has 1 aromatic heterocycles. The number of ether oxygens (including phenoxy) is 1. The summed E-state index contributed by atoms with van der Waals surface area (Å²) < 4.78 is 33.2. The molecule has 9 heteroatoms. The summed E-state index contributed by atoms with van der Waals surface area (Å²) >= 11 is -2.33. The molecule has 0 amide bonds. The maximum atomic E-state index is 12.7. The van der Waals surface area contributed by atoms with Crippen LogP contribution < -0.4 is 0 Å². The predicted molar refractivity (Wildman–Crippen MR) is 139 cm³/mol. The van der Waals surface area contributed by atoms with Gasteiger partial charge in [-0.1, -0.05) is 42.3 Å². The number of esters is 1. The Hall–Kier alpha value is -2.62. The fourth-order valence-corrected chi connectivity index (χ4v) is 6.25. The number of carbonyl (C=O) groups excluding carboxylic acids is 1. The Morgan fingerprint density at radius 1 is 1.25 bits per heavy atom. The van der Waals surface area contributed by atoms with Crippen molar-refractivity contribution in [2.45, 2.75) is 77.8 Å². The van der Waals surface area contributed by atoms with Gasteiger partial charge >= 0.3 is 5.97 Å². The van der Waals surface area contributed by atoms with Crippen LogP contribution >= 0.6 is 0 Å². The lowest BCUT2D eigenvalue weighted by Gasteiger charge is -2.39. The molecule has 2 atom stereocenters. The molecule has 0 N–H and O–H groups in total. The van der Waals surface area contributed by atoms with Crippen LogP contribution in [0.25, 0.3) is 11.0 Å². The van der Waals surface area contributed by atoms with E-state index in [1.165, 1.54) is 0 Å². The van der Waals surface area contributed by atoms with Gasteiger partial charge in [-0.2, -0.15) is 0 Å². The molecule has 0 aliphatic heterocycles. The minimum atomic E-state index is -2.33. The van der Waals surface area contributed by atoms with Crippen LogP contribution in [-0.2, 0) is 34.4 Å². The van der Waals surface area contributed by atoms with Crippen molar-refractivity contribution in [2.24, 2.45) is 7.05 Å². The number of fused-ring (bicyclic) bond motifs is 1. The first-order valence-electron chi connectivity index (χ1n) is 12.6. The highest BCUT2D eigenvalue weighted by molar-refractivity contribution is 7.76. The van der Waals surface area contributed by atoms with Gasteiger partial charge in [-0.05, 0) is 74.4 Å². The lowest BCUT2D eigenvalue weighted by atomic mass is 9.84. The van der Waals surface area contributed by atoms with Crippen LogP contribution in [0.2, 0.25) is 0 Å². The van der Waals surface area contributed by atoms with E-state index in [2.05, 4.69) is 16.4 Å². The van der Waals surface area contributed by atoms with Crippen molar-refractivity contribution >= 4 is 28.3 Å². The number of benzene rings is 2. The number of hydrogen-bond acceptors (Lipinski definition) is 6. The first-order chi connectivity index (χ1) is 17.1. The first-order valence-corrected chi connectivity index (χ1v) is 13.6. The van der Waals surface area contributed by atoms with Crippen LogP contribution in [0, 0.1) is 13.8 Å². The van der Waals surface area contributed by atoms with Gasteiger partial charge in [0.15, 0.2) is 0 Å². The molecule has 194 valence electrons. The molecule has 0 radical (unpaired) electrons. The molecule has 4 rings (SSSR count). The summed E-state index contributed by atoms with van der Waals surface area (Å²) in [5, 5.41) is 8.48. The third-order valence-corrected chi connectivity index (χ3v) is 8.61. The first kappa shape index (κ1) is 26.4. The number of aromatic nitrogens is 3. The largest absolute Gasteiger partial charge is 0.760 e. The van der Waals surface area contributed by atoms with Crippen LogP contribution in [0.3, 0.4) is 0 Å². The van der Waals surface area contributed by atoms with E-state index >= 15 is 0 Å². The predicted octanol–water partition coefficient (Wildman–Crippen LogP) is 4.60. The van der Waals surface area contributed by atoms with Gasteiger partial charge < -0.3 is 9.29 Å². The fraction of sp³-hybridized carbons (Fsp3) is 0.519. The monoisotopic (exact) mass is 511 g/mol. The maximum Gasteiger partial charge on any atom is 0.306 e. The second-order valence-corrected chi connectivity index (χ2v) is 10.9. The van der Waals surface area contributed by atoms with Crippen molar-refractivity contribution in [2.75, 3.05) is 6.61 Å². The Kier molecular flexibility index (Phi) is 7.92. The second kappa shape index (κ2) is 10.8.